The van der Waals surface area contributed by atoms with Gasteiger partial charge in [0.05, 0.1) is 35.2 Å². The lowest BCUT2D eigenvalue weighted by atomic mass is 10.2. The van der Waals surface area contributed by atoms with Crippen LogP contribution in [0.5, 0.6) is 0 Å². The third-order valence-corrected chi connectivity index (χ3v) is 4.24. The summed E-state index contributed by atoms with van der Waals surface area (Å²) in [5.74, 6) is -0.0709. The fourth-order valence-corrected chi connectivity index (χ4v) is 3.03. The van der Waals surface area contributed by atoms with Gasteiger partial charge in [0.2, 0.25) is 0 Å². The van der Waals surface area contributed by atoms with Crippen LogP contribution in [0.2, 0.25) is 0 Å². The molecule has 1 amide bonds. The van der Waals surface area contributed by atoms with E-state index in [2.05, 4.69) is 26.5 Å². The number of amides is 1. The molecule has 0 bridgehead atoms. The van der Waals surface area contributed by atoms with Gasteiger partial charge < -0.3 is 4.90 Å². The summed E-state index contributed by atoms with van der Waals surface area (Å²) in [7, 11) is 1.76. The second kappa shape index (κ2) is 6.78. The first kappa shape index (κ1) is 15.5. The molecule has 3 rings (SSSR count). The highest BCUT2D eigenvalue weighted by molar-refractivity contribution is 7.07. The SMILES string of the molecule is CCCc1nnsc1C(=O)N(C)Cc1cnc2ccccc2n1. The molecular formula is C16H17N5OS. The van der Waals surface area contributed by atoms with E-state index in [1.165, 1.54) is 0 Å². The Morgan fingerprint density at radius 2 is 2.04 bits per heavy atom. The van der Waals surface area contributed by atoms with Crippen LogP contribution in [0.25, 0.3) is 11.0 Å². The Morgan fingerprint density at radius 1 is 1.26 bits per heavy atom. The van der Waals surface area contributed by atoms with Crippen molar-refractivity contribution in [3.63, 3.8) is 0 Å². The van der Waals surface area contributed by atoms with Crippen molar-refractivity contribution in [2.75, 3.05) is 7.05 Å². The number of nitrogens with zero attached hydrogens (tertiary/aromatic N) is 5. The van der Waals surface area contributed by atoms with Crippen molar-refractivity contribution in [2.45, 2.75) is 26.3 Å². The highest BCUT2D eigenvalue weighted by Gasteiger charge is 2.20. The van der Waals surface area contributed by atoms with Gasteiger partial charge in [0.1, 0.15) is 4.88 Å². The van der Waals surface area contributed by atoms with Crippen LogP contribution < -0.4 is 0 Å². The van der Waals surface area contributed by atoms with Gasteiger partial charge >= 0.3 is 0 Å². The highest BCUT2D eigenvalue weighted by atomic mass is 32.1. The maximum absolute atomic E-state index is 12.6. The predicted octanol–water partition coefficient (Wildman–Crippen LogP) is 2.71. The van der Waals surface area contributed by atoms with E-state index in [4.69, 9.17) is 0 Å². The molecule has 6 nitrogen and oxygen atoms in total. The van der Waals surface area contributed by atoms with Crippen LogP contribution >= 0.6 is 11.5 Å². The van der Waals surface area contributed by atoms with Crippen molar-refractivity contribution >= 4 is 28.5 Å². The molecule has 0 aliphatic rings. The molecule has 23 heavy (non-hydrogen) atoms. The first-order chi connectivity index (χ1) is 11.2. The summed E-state index contributed by atoms with van der Waals surface area (Å²) >= 11 is 1.15. The molecule has 0 fully saturated rings. The van der Waals surface area contributed by atoms with Gasteiger partial charge in [-0.1, -0.05) is 30.0 Å². The number of rotatable bonds is 5. The van der Waals surface area contributed by atoms with Gasteiger partial charge in [0.15, 0.2) is 0 Å². The smallest absolute Gasteiger partial charge is 0.267 e. The molecule has 1 aromatic carbocycles. The minimum Gasteiger partial charge on any atom is -0.335 e. The maximum atomic E-state index is 12.6. The number of carbonyl (C=O) groups excluding carboxylic acids is 1. The molecule has 3 aromatic rings. The van der Waals surface area contributed by atoms with Gasteiger partial charge in [-0.3, -0.25) is 9.78 Å². The number of para-hydroxylation sites is 2. The standard InChI is InChI=1S/C16H17N5OS/c1-3-6-14-15(23-20-19-14)16(22)21(2)10-11-9-17-12-7-4-5-8-13(12)18-11/h4-5,7-9H,3,6,10H2,1-2H3. The Morgan fingerprint density at radius 3 is 2.83 bits per heavy atom. The Kier molecular flexibility index (Phi) is 4.57. The Bertz CT molecular complexity index is 832. The summed E-state index contributed by atoms with van der Waals surface area (Å²) in [6.07, 6.45) is 3.41. The zero-order valence-corrected chi connectivity index (χ0v) is 13.9. The highest BCUT2D eigenvalue weighted by Crippen LogP contribution is 2.16. The molecule has 118 valence electrons. The van der Waals surface area contributed by atoms with Crippen LogP contribution in [-0.2, 0) is 13.0 Å². The summed E-state index contributed by atoms with van der Waals surface area (Å²) in [4.78, 5) is 23.8. The Balaban J connectivity index is 1.78. The van der Waals surface area contributed by atoms with Gasteiger partial charge in [0.25, 0.3) is 5.91 Å². The molecule has 0 radical (unpaired) electrons. The largest absolute Gasteiger partial charge is 0.335 e. The van der Waals surface area contributed by atoms with E-state index in [0.717, 1.165) is 46.8 Å². The normalized spacial score (nSPS) is 10.9. The third-order valence-electron chi connectivity index (χ3n) is 3.48. The van der Waals surface area contributed by atoms with E-state index in [1.807, 2.05) is 24.3 Å². The molecule has 0 saturated heterocycles. The predicted molar refractivity (Wildman–Crippen MR) is 89.2 cm³/mol. The van der Waals surface area contributed by atoms with Crippen LogP contribution in [0.15, 0.2) is 30.5 Å². The van der Waals surface area contributed by atoms with Crippen molar-refractivity contribution in [1.29, 1.82) is 0 Å². The summed E-state index contributed by atoms with van der Waals surface area (Å²) in [5, 5.41) is 4.05. The molecule has 0 unspecified atom stereocenters. The van der Waals surface area contributed by atoms with E-state index < -0.39 is 0 Å². The minimum absolute atomic E-state index is 0.0709. The Labute approximate surface area is 138 Å². The molecule has 0 atom stereocenters. The van der Waals surface area contributed by atoms with Crippen LogP contribution in [-0.4, -0.2) is 37.4 Å². The van der Waals surface area contributed by atoms with Crippen LogP contribution in [0.3, 0.4) is 0 Å². The molecule has 0 N–H and O–H groups in total. The van der Waals surface area contributed by atoms with Crippen molar-refractivity contribution in [3.05, 3.63) is 46.7 Å². The summed E-state index contributed by atoms with van der Waals surface area (Å²) in [6.45, 7) is 2.46. The molecule has 0 saturated carbocycles. The van der Waals surface area contributed by atoms with Gasteiger partial charge in [-0.2, -0.15) is 0 Å². The number of aryl methyl sites for hydroxylation is 1. The maximum Gasteiger partial charge on any atom is 0.267 e. The fourth-order valence-electron chi connectivity index (χ4n) is 2.33. The molecule has 7 heteroatoms. The number of fused-ring (bicyclic) bond motifs is 1. The fraction of sp³-hybridized carbons (Fsp3) is 0.312. The van der Waals surface area contributed by atoms with Crippen molar-refractivity contribution in [1.82, 2.24) is 24.5 Å². The van der Waals surface area contributed by atoms with Crippen molar-refractivity contribution in [3.8, 4) is 0 Å². The lowest BCUT2D eigenvalue weighted by Crippen LogP contribution is -2.26. The molecular weight excluding hydrogens is 310 g/mol. The zero-order valence-electron chi connectivity index (χ0n) is 13.1. The van der Waals surface area contributed by atoms with E-state index in [9.17, 15) is 4.79 Å². The minimum atomic E-state index is -0.0709. The molecule has 2 aromatic heterocycles. The summed E-state index contributed by atoms with van der Waals surface area (Å²) < 4.78 is 3.91. The van der Waals surface area contributed by atoms with E-state index in [-0.39, 0.29) is 5.91 Å². The van der Waals surface area contributed by atoms with E-state index in [1.54, 1.807) is 18.1 Å². The van der Waals surface area contributed by atoms with Gasteiger partial charge in [-0.15, -0.1) is 5.10 Å². The zero-order chi connectivity index (χ0) is 16.2. The van der Waals surface area contributed by atoms with E-state index in [0.29, 0.717) is 11.4 Å². The molecule has 0 aliphatic carbocycles. The van der Waals surface area contributed by atoms with Gasteiger partial charge in [-0.05, 0) is 30.1 Å². The quantitative estimate of drug-likeness (QED) is 0.720. The number of benzene rings is 1. The van der Waals surface area contributed by atoms with E-state index >= 15 is 0 Å². The summed E-state index contributed by atoms with van der Waals surface area (Å²) in [6, 6.07) is 7.69. The van der Waals surface area contributed by atoms with Crippen molar-refractivity contribution in [2.24, 2.45) is 0 Å². The average Bonchev–Trinajstić information content (AvgIpc) is 3.02. The van der Waals surface area contributed by atoms with Gasteiger partial charge in [-0.25, -0.2) is 4.98 Å². The van der Waals surface area contributed by atoms with Crippen LogP contribution in [0.4, 0.5) is 0 Å². The molecule has 0 aliphatic heterocycles. The Hall–Kier alpha value is -2.41. The third kappa shape index (κ3) is 3.34. The van der Waals surface area contributed by atoms with Crippen molar-refractivity contribution < 1.29 is 4.79 Å². The molecule has 2 heterocycles. The molecule has 0 spiro atoms. The number of hydrogen-bond acceptors (Lipinski definition) is 6. The first-order valence-electron chi connectivity index (χ1n) is 7.46. The second-order valence-electron chi connectivity index (χ2n) is 5.31. The monoisotopic (exact) mass is 327 g/mol. The number of hydrogen-bond donors (Lipinski definition) is 0. The lowest BCUT2D eigenvalue weighted by molar-refractivity contribution is 0.0787. The van der Waals surface area contributed by atoms with Crippen LogP contribution in [0, 0.1) is 0 Å². The first-order valence-corrected chi connectivity index (χ1v) is 8.23. The summed E-state index contributed by atoms with van der Waals surface area (Å²) in [5.41, 5.74) is 3.21. The number of aromatic nitrogens is 4. The average molecular weight is 327 g/mol. The van der Waals surface area contributed by atoms with Crippen LogP contribution in [0.1, 0.15) is 34.4 Å². The second-order valence-corrected chi connectivity index (χ2v) is 6.06. The topological polar surface area (TPSA) is 71.9 Å². The van der Waals surface area contributed by atoms with Gasteiger partial charge in [0, 0.05) is 7.05 Å². The lowest BCUT2D eigenvalue weighted by Gasteiger charge is -2.16. The number of carbonyl (C=O) groups is 1.